The summed E-state index contributed by atoms with van der Waals surface area (Å²) in [4.78, 5) is 13.1. The molecule has 4 heteroatoms. The van der Waals surface area contributed by atoms with Gasteiger partial charge in [-0.25, -0.2) is 0 Å². The minimum Gasteiger partial charge on any atom is -0.371 e. The van der Waals surface area contributed by atoms with E-state index in [4.69, 9.17) is 14.2 Å². The Bertz CT molecular complexity index is 454. The van der Waals surface area contributed by atoms with Crippen molar-refractivity contribution in [1.82, 2.24) is 0 Å². The molecule has 0 N–H and O–H groups in total. The van der Waals surface area contributed by atoms with Crippen LogP contribution in [0.1, 0.15) is 54.4 Å². The van der Waals surface area contributed by atoms with Gasteiger partial charge in [0.1, 0.15) is 11.2 Å². The molecule has 1 saturated carbocycles. The second-order valence-electron chi connectivity index (χ2n) is 8.27. The molecule has 0 bridgehead atoms. The Balaban J connectivity index is 2.02. The zero-order chi connectivity index (χ0) is 15.6. The van der Waals surface area contributed by atoms with Gasteiger partial charge in [-0.3, -0.25) is 4.79 Å². The first-order valence-electron chi connectivity index (χ1n) is 8.11. The van der Waals surface area contributed by atoms with Crippen molar-refractivity contribution < 1.29 is 19.0 Å². The molecule has 120 valence electrons. The van der Waals surface area contributed by atoms with E-state index < -0.39 is 11.2 Å². The van der Waals surface area contributed by atoms with Crippen LogP contribution in [0.4, 0.5) is 0 Å². The summed E-state index contributed by atoms with van der Waals surface area (Å²) in [5.41, 5.74) is -0.871. The van der Waals surface area contributed by atoms with Crippen LogP contribution in [-0.4, -0.2) is 36.0 Å². The summed E-state index contributed by atoms with van der Waals surface area (Å²) in [6.45, 7) is 12.6. The Morgan fingerprint density at radius 2 is 1.71 bits per heavy atom. The highest BCUT2D eigenvalue weighted by atomic mass is 16.7. The molecule has 0 radical (unpaired) electrons. The van der Waals surface area contributed by atoms with Gasteiger partial charge >= 0.3 is 0 Å². The smallest absolute Gasteiger partial charge is 0.163 e. The summed E-state index contributed by atoms with van der Waals surface area (Å²) in [5, 5.41) is 0. The summed E-state index contributed by atoms with van der Waals surface area (Å²) >= 11 is 0. The van der Waals surface area contributed by atoms with E-state index in [1.54, 1.807) is 0 Å². The highest BCUT2D eigenvalue weighted by Crippen LogP contribution is 2.54. The van der Waals surface area contributed by atoms with Crippen LogP contribution in [-0.2, 0) is 19.0 Å². The topological polar surface area (TPSA) is 44.8 Å². The maximum Gasteiger partial charge on any atom is 0.163 e. The lowest BCUT2D eigenvalue weighted by molar-refractivity contribution is -0.360. The van der Waals surface area contributed by atoms with Crippen molar-refractivity contribution in [3.8, 4) is 0 Å². The predicted molar refractivity (Wildman–Crippen MR) is 78.9 cm³/mol. The highest BCUT2D eigenvalue weighted by molar-refractivity contribution is 5.89. The van der Waals surface area contributed by atoms with Crippen molar-refractivity contribution >= 4 is 5.78 Å². The van der Waals surface area contributed by atoms with Crippen molar-refractivity contribution in [1.29, 1.82) is 0 Å². The molecule has 0 amide bonds. The van der Waals surface area contributed by atoms with Gasteiger partial charge in [-0.15, -0.1) is 0 Å². The summed E-state index contributed by atoms with van der Waals surface area (Å²) < 4.78 is 18.4. The molecule has 2 saturated heterocycles. The fourth-order valence-corrected chi connectivity index (χ4v) is 4.25. The summed E-state index contributed by atoms with van der Waals surface area (Å²) in [6.07, 6.45) is 1.43. The molecule has 0 aromatic carbocycles. The summed E-state index contributed by atoms with van der Waals surface area (Å²) in [6, 6.07) is 0. The van der Waals surface area contributed by atoms with Crippen LogP contribution >= 0.6 is 0 Å². The number of hydrogen-bond donors (Lipinski definition) is 0. The Morgan fingerprint density at radius 3 is 2.38 bits per heavy atom. The molecule has 1 spiro atoms. The fourth-order valence-electron chi connectivity index (χ4n) is 4.25. The monoisotopic (exact) mass is 296 g/mol. The Kier molecular flexibility index (Phi) is 3.33. The van der Waals surface area contributed by atoms with Crippen LogP contribution < -0.4 is 0 Å². The quantitative estimate of drug-likeness (QED) is 0.689. The van der Waals surface area contributed by atoms with E-state index in [1.807, 2.05) is 20.8 Å². The zero-order valence-electron chi connectivity index (χ0n) is 14.1. The number of hydrogen-bond acceptors (Lipinski definition) is 4. The molecule has 2 heterocycles. The van der Waals surface area contributed by atoms with E-state index in [9.17, 15) is 4.79 Å². The van der Waals surface area contributed by atoms with Gasteiger partial charge in [0.25, 0.3) is 0 Å². The first-order valence-corrected chi connectivity index (χ1v) is 8.11. The largest absolute Gasteiger partial charge is 0.371 e. The minimum atomic E-state index is -0.625. The van der Waals surface area contributed by atoms with E-state index in [1.165, 1.54) is 0 Å². The van der Waals surface area contributed by atoms with Gasteiger partial charge in [0, 0.05) is 12.3 Å². The third kappa shape index (κ3) is 2.27. The maximum absolute atomic E-state index is 13.1. The van der Waals surface area contributed by atoms with Crippen molar-refractivity contribution in [2.45, 2.75) is 78.0 Å². The van der Waals surface area contributed by atoms with Crippen molar-refractivity contribution in [2.75, 3.05) is 6.61 Å². The number of ether oxygens (including phenoxy) is 3. The second-order valence-corrected chi connectivity index (χ2v) is 8.27. The molecule has 3 fully saturated rings. The van der Waals surface area contributed by atoms with Gasteiger partial charge < -0.3 is 14.2 Å². The molecular weight excluding hydrogens is 268 g/mol. The third-order valence-corrected chi connectivity index (χ3v) is 5.68. The number of carbonyl (C=O) groups excluding carboxylic acids is 1. The van der Waals surface area contributed by atoms with E-state index in [0.717, 1.165) is 12.8 Å². The maximum atomic E-state index is 13.1. The Hall–Kier alpha value is -0.450. The van der Waals surface area contributed by atoms with E-state index in [2.05, 4.69) is 20.8 Å². The van der Waals surface area contributed by atoms with Crippen LogP contribution in [0.3, 0.4) is 0 Å². The van der Waals surface area contributed by atoms with Crippen LogP contribution in [0, 0.1) is 17.3 Å². The summed E-state index contributed by atoms with van der Waals surface area (Å²) in [7, 11) is 0. The molecule has 0 aromatic heterocycles. The Labute approximate surface area is 127 Å². The van der Waals surface area contributed by atoms with Gasteiger partial charge in [0.2, 0.25) is 0 Å². The first kappa shape index (κ1) is 15.4. The van der Waals surface area contributed by atoms with E-state index >= 15 is 0 Å². The lowest BCUT2D eigenvalue weighted by atomic mass is 9.58. The fraction of sp³-hybridized carbons (Fsp3) is 0.941. The third-order valence-electron chi connectivity index (χ3n) is 5.68. The van der Waals surface area contributed by atoms with Crippen LogP contribution in [0.2, 0.25) is 0 Å². The van der Waals surface area contributed by atoms with Gasteiger partial charge in [0.15, 0.2) is 5.79 Å². The minimum absolute atomic E-state index is 0.0435. The molecule has 1 unspecified atom stereocenters. The van der Waals surface area contributed by atoms with Crippen molar-refractivity contribution in [3.63, 3.8) is 0 Å². The number of rotatable bonds is 0. The van der Waals surface area contributed by atoms with Crippen LogP contribution in [0.25, 0.3) is 0 Å². The molecule has 1 aliphatic carbocycles. The van der Waals surface area contributed by atoms with Gasteiger partial charge in [-0.1, -0.05) is 13.8 Å². The average Bonchev–Trinajstić information content (AvgIpc) is 2.33. The highest BCUT2D eigenvalue weighted by Gasteiger charge is 2.65. The van der Waals surface area contributed by atoms with Crippen molar-refractivity contribution in [3.05, 3.63) is 0 Å². The predicted octanol–water partition coefficient (Wildman–Crippen LogP) is 2.94. The molecule has 3 aliphatic rings. The molecule has 4 nitrogen and oxygen atoms in total. The Morgan fingerprint density at radius 1 is 1.05 bits per heavy atom. The molecule has 21 heavy (non-hydrogen) atoms. The first-order chi connectivity index (χ1) is 9.57. The lowest BCUT2D eigenvalue weighted by Crippen LogP contribution is -2.70. The SMILES string of the molecule is CC1C(=O)[C@]23COC(C)(C)O[C@@H]2CC(C)(C)O[C@@H]3C[C@H]1C. The second kappa shape index (κ2) is 4.53. The summed E-state index contributed by atoms with van der Waals surface area (Å²) in [5.74, 6) is 0.0299. The zero-order valence-corrected chi connectivity index (χ0v) is 14.1. The standard InChI is InChI=1S/C17H28O4/c1-10-7-12-17(14(18)11(10)2)9-19-16(5,6)21-13(17)8-15(3,4)20-12/h10-13H,7-9H2,1-6H3/t10-,11?,12-,13-,17+/m1/s1. The number of ketones is 1. The molecule has 2 aliphatic heterocycles. The number of carbonyl (C=O) groups is 1. The average molecular weight is 296 g/mol. The van der Waals surface area contributed by atoms with Gasteiger partial charge in [-0.05, 0) is 40.0 Å². The molecule has 0 aromatic rings. The van der Waals surface area contributed by atoms with Gasteiger partial charge in [0.05, 0.1) is 24.4 Å². The molecule has 5 atom stereocenters. The van der Waals surface area contributed by atoms with Crippen LogP contribution in [0.15, 0.2) is 0 Å². The normalized spacial score (nSPS) is 48.4. The van der Waals surface area contributed by atoms with Gasteiger partial charge in [-0.2, -0.15) is 0 Å². The van der Waals surface area contributed by atoms with E-state index in [-0.39, 0.29) is 29.5 Å². The van der Waals surface area contributed by atoms with Crippen molar-refractivity contribution in [2.24, 2.45) is 17.3 Å². The lowest BCUT2D eigenvalue weighted by Gasteiger charge is -2.60. The molecule has 3 rings (SSSR count). The molecular formula is C17H28O4. The van der Waals surface area contributed by atoms with E-state index in [0.29, 0.717) is 12.5 Å². The number of Topliss-reactive ketones (excluding diaryl/α,β-unsaturated/α-hetero) is 1. The van der Waals surface area contributed by atoms with Crippen LogP contribution in [0.5, 0.6) is 0 Å².